The van der Waals surface area contributed by atoms with E-state index in [2.05, 4.69) is 157 Å². The first-order valence-corrected chi connectivity index (χ1v) is 16.8. The molecule has 0 radical (unpaired) electrons. The molecular weight excluding hydrogens is 591 g/mol. The van der Waals surface area contributed by atoms with Crippen LogP contribution in [0.2, 0.25) is 0 Å². The molecule has 2 nitrogen and oxygen atoms in total. The highest BCUT2D eigenvalue weighted by atomic mass is 32.1. The molecule has 8 aromatic carbocycles. The van der Waals surface area contributed by atoms with Crippen LogP contribution in [0.3, 0.4) is 0 Å². The molecule has 0 amide bonds. The summed E-state index contributed by atoms with van der Waals surface area (Å²) in [7, 11) is 0. The molecule has 0 N–H and O–H groups in total. The number of nitrogens with zero attached hydrogens (tertiary/aromatic N) is 1. The maximum absolute atomic E-state index is 6.43. The lowest BCUT2D eigenvalue weighted by Gasteiger charge is -2.28. The maximum Gasteiger partial charge on any atom is 0.136 e. The highest BCUT2D eigenvalue weighted by molar-refractivity contribution is 7.26. The van der Waals surface area contributed by atoms with Gasteiger partial charge in [0.15, 0.2) is 0 Å². The molecule has 11 rings (SSSR count). The second-order valence-electron chi connectivity index (χ2n) is 12.5. The van der Waals surface area contributed by atoms with E-state index in [0.29, 0.717) is 0 Å². The number of benzene rings is 8. The largest absolute Gasteiger partial charge is 0.456 e. The van der Waals surface area contributed by atoms with Crippen LogP contribution in [-0.2, 0) is 0 Å². The lowest BCUT2D eigenvalue weighted by atomic mass is 9.92. The Bertz CT molecular complexity index is 2910. The van der Waals surface area contributed by atoms with Gasteiger partial charge in [-0.05, 0) is 98.9 Å². The lowest BCUT2D eigenvalue weighted by Crippen LogP contribution is -2.11. The van der Waals surface area contributed by atoms with Crippen LogP contribution in [0.25, 0.3) is 85.9 Å². The smallest absolute Gasteiger partial charge is 0.136 e. The Kier molecular flexibility index (Phi) is 5.02. The molecule has 0 saturated heterocycles. The maximum atomic E-state index is 6.43. The Hall–Kier alpha value is -5.90. The van der Waals surface area contributed by atoms with Crippen LogP contribution in [-0.4, -0.2) is 0 Å². The highest BCUT2D eigenvalue weighted by Crippen LogP contribution is 2.55. The molecule has 0 saturated carbocycles. The lowest BCUT2D eigenvalue weighted by molar-refractivity contribution is 0.669. The van der Waals surface area contributed by atoms with Gasteiger partial charge in [-0.25, -0.2) is 0 Å². The minimum absolute atomic E-state index is 0.896. The second-order valence-corrected chi connectivity index (χ2v) is 13.6. The third kappa shape index (κ3) is 3.49. The Morgan fingerprint density at radius 1 is 0.426 bits per heavy atom. The van der Waals surface area contributed by atoms with Crippen molar-refractivity contribution in [1.29, 1.82) is 0 Å². The molecule has 10 aromatic rings. The summed E-state index contributed by atoms with van der Waals surface area (Å²) in [5.41, 5.74) is 10.3. The van der Waals surface area contributed by atoms with E-state index in [0.717, 1.165) is 33.3 Å². The summed E-state index contributed by atoms with van der Waals surface area (Å²) in [6.45, 7) is 0. The van der Waals surface area contributed by atoms with Crippen molar-refractivity contribution < 1.29 is 4.42 Å². The molecule has 0 atom stereocenters. The fourth-order valence-electron chi connectivity index (χ4n) is 7.93. The predicted molar refractivity (Wildman–Crippen MR) is 201 cm³/mol. The van der Waals surface area contributed by atoms with Crippen LogP contribution < -0.4 is 4.90 Å². The standard InChI is InChI=1S/C44H25NOS/c1-2-12-29(13-3-1)45(30-18-20-37-35(25-30)34-23-27-9-4-5-10-28(27)24-38(34)46-37)36-19-22-40-44-42(36)33-15-7-6-14-31(33)32-16-8-11-26-17-21-39(47-40)43(44)41(26)32/h1-25H. The van der Waals surface area contributed by atoms with Crippen molar-refractivity contribution in [2.75, 3.05) is 4.90 Å². The monoisotopic (exact) mass is 615 g/mol. The van der Waals surface area contributed by atoms with Gasteiger partial charge in [0, 0.05) is 47.9 Å². The van der Waals surface area contributed by atoms with Crippen molar-refractivity contribution >= 4 is 92.1 Å². The third-order valence-corrected chi connectivity index (χ3v) is 11.1. The van der Waals surface area contributed by atoms with Gasteiger partial charge in [-0.1, -0.05) is 91.0 Å². The molecule has 218 valence electrons. The Morgan fingerprint density at radius 3 is 2.02 bits per heavy atom. The van der Waals surface area contributed by atoms with Crippen LogP contribution in [0.5, 0.6) is 0 Å². The molecule has 0 bridgehead atoms. The van der Waals surface area contributed by atoms with Gasteiger partial charge in [-0.15, -0.1) is 11.3 Å². The molecule has 3 heteroatoms. The van der Waals surface area contributed by atoms with E-state index in [4.69, 9.17) is 4.42 Å². The zero-order chi connectivity index (χ0) is 30.6. The first-order chi connectivity index (χ1) is 23.3. The molecule has 2 heterocycles. The first kappa shape index (κ1) is 25.3. The molecule has 2 aromatic heterocycles. The minimum Gasteiger partial charge on any atom is -0.456 e. The van der Waals surface area contributed by atoms with E-state index in [1.165, 1.54) is 69.7 Å². The number of thiophene rings is 1. The zero-order valence-corrected chi connectivity index (χ0v) is 26.0. The second kappa shape index (κ2) is 9.32. The first-order valence-electron chi connectivity index (χ1n) is 16.0. The Morgan fingerprint density at radius 2 is 1.13 bits per heavy atom. The van der Waals surface area contributed by atoms with Gasteiger partial charge in [-0.2, -0.15) is 0 Å². The van der Waals surface area contributed by atoms with E-state index < -0.39 is 0 Å². The molecule has 47 heavy (non-hydrogen) atoms. The van der Waals surface area contributed by atoms with Crippen molar-refractivity contribution in [3.63, 3.8) is 0 Å². The molecule has 1 aliphatic carbocycles. The fourth-order valence-corrected chi connectivity index (χ4v) is 9.05. The highest BCUT2D eigenvalue weighted by Gasteiger charge is 2.27. The summed E-state index contributed by atoms with van der Waals surface area (Å²) in [5, 5.41) is 9.99. The van der Waals surface area contributed by atoms with Crippen molar-refractivity contribution in [3.05, 3.63) is 152 Å². The average Bonchev–Trinajstić information content (AvgIpc) is 3.64. The summed E-state index contributed by atoms with van der Waals surface area (Å²) in [4.78, 5) is 2.44. The van der Waals surface area contributed by atoms with Crippen LogP contribution in [0, 0.1) is 0 Å². The molecule has 1 aliphatic rings. The van der Waals surface area contributed by atoms with Gasteiger partial charge >= 0.3 is 0 Å². The number of hydrogen-bond donors (Lipinski definition) is 0. The predicted octanol–water partition coefficient (Wildman–Crippen LogP) is 13.4. The van der Waals surface area contributed by atoms with Crippen LogP contribution in [0.15, 0.2) is 156 Å². The summed E-state index contributed by atoms with van der Waals surface area (Å²) in [6, 6.07) is 55.3. The zero-order valence-electron chi connectivity index (χ0n) is 25.2. The minimum atomic E-state index is 0.896. The Balaban J connectivity index is 1.26. The van der Waals surface area contributed by atoms with E-state index in [9.17, 15) is 0 Å². The Labute approximate surface area is 274 Å². The summed E-state index contributed by atoms with van der Waals surface area (Å²) in [6.07, 6.45) is 0. The van der Waals surface area contributed by atoms with Crippen molar-refractivity contribution in [1.82, 2.24) is 0 Å². The van der Waals surface area contributed by atoms with Gasteiger partial charge in [0.2, 0.25) is 0 Å². The normalized spacial score (nSPS) is 12.3. The van der Waals surface area contributed by atoms with Gasteiger partial charge in [0.1, 0.15) is 11.2 Å². The quantitative estimate of drug-likeness (QED) is 0.197. The van der Waals surface area contributed by atoms with Gasteiger partial charge in [0.05, 0.1) is 5.69 Å². The number of rotatable bonds is 3. The molecule has 0 aliphatic heterocycles. The van der Waals surface area contributed by atoms with E-state index >= 15 is 0 Å². The van der Waals surface area contributed by atoms with Gasteiger partial charge in [-0.3, -0.25) is 0 Å². The molecule has 0 unspecified atom stereocenters. The van der Waals surface area contributed by atoms with Crippen molar-refractivity contribution in [3.8, 4) is 22.3 Å². The SMILES string of the molecule is c1ccc(N(c2ccc3oc4cc5ccccc5cc4c3c2)c2ccc3sc4ccc5cccc6c5c4c3c2-c2ccccc2-6)cc1. The van der Waals surface area contributed by atoms with Crippen LogP contribution in [0.4, 0.5) is 17.1 Å². The topological polar surface area (TPSA) is 16.4 Å². The molecule has 0 spiro atoms. The summed E-state index contributed by atoms with van der Waals surface area (Å²) >= 11 is 1.89. The van der Waals surface area contributed by atoms with Crippen molar-refractivity contribution in [2.24, 2.45) is 0 Å². The fraction of sp³-hybridized carbons (Fsp3) is 0. The average molecular weight is 616 g/mol. The number of furan rings is 1. The summed E-state index contributed by atoms with van der Waals surface area (Å²) in [5.74, 6) is 0. The number of anilines is 3. The van der Waals surface area contributed by atoms with Crippen molar-refractivity contribution in [2.45, 2.75) is 0 Å². The molecule has 0 fully saturated rings. The number of hydrogen-bond acceptors (Lipinski definition) is 3. The molecular formula is C44H25NOS. The number of fused-ring (bicyclic) bond motifs is 7. The third-order valence-electron chi connectivity index (χ3n) is 9.94. The van der Waals surface area contributed by atoms with E-state index in [1.807, 2.05) is 11.3 Å². The number of para-hydroxylation sites is 1. The van der Waals surface area contributed by atoms with E-state index in [1.54, 1.807) is 0 Å². The van der Waals surface area contributed by atoms with Gasteiger partial charge in [0.25, 0.3) is 0 Å². The van der Waals surface area contributed by atoms with Gasteiger partial charge < -0.3 is 9.32 Å². The van der Waals surface area contributed by atoms with Crippen LogP contribution in [0.1, 0.15) is 0 Å². The van der Waals surface area contributed by atoms with Crippen LogP contribution >= 0.6 is 11.3 Å². The summed E-state index contributed by atoms with van der Waals surface area (Å²) < 4.78 is 9.07. The van der Waals surface area contributed by atoms with E-state index in [-0.39, 0.29) is 0 Å².